The summed E-state index contributed by atoms with van der Waals surface area (Å²) in [5.41, 5.74) is 6.57. The summed E-state index contributed by atoms with van der Waals surface area (Å²) in [5, 5.41) is 6.30. The molecule has 0 atom stereocenters. The van der Waals surface area contributed by atoms with Gasteiger partial charge < -0.3 is 14.5 Å². The molecule has 5 aromatic rings. The third kappa shape index (κ3) is 4.31. The molecule has 0 spiro atoms. The predicted molar refractivity (Wildman–Crippen MR) is 142 cm³/mol. The van der Waals surface area contributed by atoms with E-state index >= 15 is 0 Å². The van der Waals surface area contributed by atoms with E-state index in [9.17, 15) is 4.79 Å². The zero-order valence-corrected chi connectivity index (χ0v) is 20.1. The van der Waals surface area contributed by atoms with Crippen LogP contribution in [0.2, 0.25) is 0 Å². The first-order valence-corrected chi connectivity index (χ1v) is 11.6. The van der Waals surface area contributed by atoms with Crippen molar-refractivity contribution in [1.82, 2.24) is 5.32 Å². The summed E-state index contributed by atoms with van der Waals surface area (Å²) in [7, 11) is 1.65. The van der Waals surface area contributed by atoms with Crippen LogP contribution in [0.4, 0.5) is 0 Å². The highest BCUT2D eigenvalue weighted by Gasteiger charge is 2.19. The Kier molecular flexibility index (Phi) is 6.11. The molecule has 0 unspecified atom stereocenters. The van der Waals surface area contributed by atoms with Crippen molar-refractivity contribution in [1.29, 1.82) is 0 Å². The summed E-state index contributed by atoms with van der Waals surface area (Å²) in [6.07, 6.45) is 3.44. The fraction of sp³-hybridized carbons (Fsp3) is 0.129. The number of carbonyl (C=O) groups is 1. The van der Waals surface area contributed by atoms with Gasteiger partial charge in [0.25, 0.3) is 0 Å². The Balaban J connectivity index is 1.56. The Morgan fingerprint density at radius 3 is 2.49 bits per heavy atom. The minimum atomic E-state index is -0.146. The van der Waals surface area contributed by atoms with Crippen LogP contribution in [0.3, 0.4) is 0 Å². The minimum Gasteiger partial charge on any atom is -0.496 e. The first-order valence-electron chi connectivity index (χ1n) is 11.6. The van der Waals surface area contributed by atoms with E-state index in [1.165, 1.54) is 10.8 Å². The van der Waals surface area contributed by atoms with Crippen molar-refractivity contribution in [2.24, 2.45) is 0 Å². The van der Waals surface area contributed by atoms with Gasteiger partial charge in [-0.3, -0.25) is 4.79 Å². The molecule has 0 saturated heterocycles. The lowest BCUT2D eigenvalue weighted by Gasteiger charge is -2.14. The van der Waals surface area contributed by atoms with Crippen molar-refractivity contribution in [2.75, 3.05) is 7.11 Å². The molecule has 0 aliphatic carbocycles. The molecule has 1 heterocycles. The Bertz CT molecular complexity index is 1560. The molecular formula is C31H27NO3. The van der Waals surface area contributed by atoms with Gasteiger partial charge in [-0.15, -0.1) is 0 Å². The highest BCUT2D eigenvalue weighted by molar-refractivity contribution is 6.07. The standard InChI is InChI=1S/C31H27NO3/c1-20(16-29(33)32-18-22-10-5-4-6-11-22)26-17-27-28(19-35-31(27)21(2)30(26)34-3)25-15-9-13-23-12-7-8-14-24(23)25/h4-17,19H,18H2,1-3H3,(H,32,33)/b20-16+. The molecule has 35 heavy (non-hydrogen) atoms. The second-order valence-corrected chi connectivity index (χ2v) is 8.67. The van der Waals surface area contributed by atoms with Crippen molar-refractivity contribution in [2.45, 2.75) is 20.4 Å². The molecule has 4 aromatic carbocycles. The van der Waals surface area contributed by atoms with Gasteiger partial charge in [0.15, 0.2) is 0 Å². The van der Waals surface area contributed by atoms with Crippen molar-refractivity contribution in [3.8, 4) is 16.9 Å². The number of furan rings is 1. The molecule has 1 aromatic heterocycles. The second-order valence-electron chi connectivity index (χ2n) is 8.67. The maximum absolute atomic E-state index is 12.7. The molecule has 0 aliphatic rings. The zero-order valence-electron chi connectivity index (χ0n) is 20.1. The summed E-state index contributed by atoms with van der Waals surface area (Å²) in [4.78, 5) is 12.7. The van der Waals surface area contributed by atoms with E-state index < -0.39 is 0 Å². The van der Waals surface area contributed by atoms with E-state index in [0.29, 0.717) is 12.3 Å². The van der Waals surface area contributed by atoms with E-state index in [1.54, 1.807) is 13.2 Å². The Labute approximate surface area is 204 Å². The van der Waals surface area contributed by atoms with E-state index in [4.69, 9.17) is 9.15 Å². The molecule has 0 bridgehead atoms. The maximum atomic E-state index is 12.7. The topological polar surface area (TPSA) is 51.5 Å². The first kappa shape index (κ1) is 22.5. The smallest absolute Gasteiger partial charge is 0.244 e. The molecule has 0 saturated carbocycles. The van der Waals surface area contributed by atoms with E-state index in [-0.39, 0.29) is 5.91 Å². The number of hydrogen-bond acceptors (Lipinski definition) is 3. The van der Waals surface area contributed by atoms with Crippen molar-refractivity contribution in [3.63, 3.8) is 0 Å². The van der Waals surface area contributed by atoms with Crippen molar-refractivity contribution < 1.29 is 13.9 Å². The quantitative estimate of drug-likeness (QED) is 0.270. The number of aryl methyl sites for hydroxylation is 1. The van der Waals surface area contributed by atoms with E-state index in [0.717, 1.165) is 44.4 Å². The molecule has 0 fully saturated rings. The van der Waals surface area contributed by atoms with Gasteiger partial charge in [0.05, 0.1) is 13.4 Å². The van der Waals surface area contributed by atoms with Crippen LogP contribution in [0.25, 0.3) is 38.4 Å². The Morgan fingerprint density at radius 1 is 0.943 bits per heavy atom. The number of rotatable bonds is 6. The van der Waals surface area contributed by atoms with Gasteiger partial charge in [0, 0.05) is 34.7 Å². The highest BCUT2D eigenvalue weighted by Crippen LogP contribution is 2.42. The van der Waals surface area contributed by atoms with Crippen molar-refractivity contribution >= 4 is 33.2 Å². The third-order valence-corrected chi connectivity index (χ3v) is 6.41. The molecule has 1 amide bonds. The first-order chi connectivity index (χ1) is 17.1. The van der Waals surface area contributed by atoms with Crippen LogP contribution in [0.5, 0.6) is 5.75 Å². The van der Waals surface area contributed by atoms with Crippen LogP contribution in [0, 0.1) is 6.92 Å². The zero-order chi connectivity index (χ0) is 24.4. The molecule has 0 aliphatic heterocycles. The van der Waals surface area contributed by atoms with Gasteiger partial charge >= 0.3 is 0 Å². The highest BCUT2D eigenvalue weighted by atomic mass is 16.5. The number of amides is 1. The van der Waals surface area contributed by atoms with Gasteiger partial charge in [-0.05, 0) is 47.4 Å². The van der Waals surface area contributed by atoms with Gasteiger partial charge in [0.1, 0.15) is 11.3 Å². The normalized spacial score (nSPS) is 11.7. The third-order valence-electron chi connectivity index (χ3n) is 6.41. The summed E-state index contributed by atoms with van der Waals surface area (Å²) in [5.74, 6) is 0.563. The lowest BCUT2D eigenvalue weighted by atomic mass is 9.94. The van der Waals surface area contributed by atoms with E-state index in [1.807, 2.05) is 56.5 Å². The second kappa shape index (κ2) is 9.51. The number of benzene rings is 4. The van der Waals surface area contributed by atoms with Crippen LogP contribution < -0.4 is 10.1 Å². The average Bonchev–Trinajstić information content (AvgIpc) is 3.32. The number of hydrogen-bond donors (Lipinski definition) is 1. The van der Waals surface area contributed by atoms with Gasteiger partial charge in [0.2, 0.25) is 5.91 Å². The lowest BCUT2D eigenvalue weighted by molar-refractivity contribution is -0.116. The fourth-order valence-electron chi connectivity index (χ4n) is 4.65. The van der Waals surface area contributed by atoms with Crippen LogP contribution in [0.1, 0.15) is 23.6 Å². The van der Waals surface area contributed by atoms with Gasteiger partial charge in [-0.1, -0.05) is 72.8 Å². The average molecular weight is 462 g/mol. The summed E-state index contributed by atoms with van der Waals surface area (Å²) in [6.45, 7) is 4.40. The van der Waals surface area contributed by atoms with Crippen LogP contribution in [-0.2, 0) is 11.3 Å². The molecule has 4 nitrogen and oxygen atoms in total. The Hall–Kier alpha value is -4.31. The fourth-order valence-corrected chi connectivity index (χ4v) is 4.65. The van der Waals surface area contributed by atoms with Crippen molar-refractivity contribution in [3.05, 3.63) is 108 Å². The molecule has 4 heteroatoms. The Morgan fingerprint density at radius 2 is 1.69 bits per heavy atom. The molecule has 174 valence electrons. The molecule has 0 radical (unpaired) electrons. The molecular weight excluding hydrogens is 434 g/mol. The van der Waals surface area contributed by atoms with Crippen LogP contribution >= 0.6 is 0 Å². The molecule has 5 rings (SSSR count). The number of ether oxygens (including phenoxy) is 1. The summed E-state index contributed by atoms with van der Waals surface area (Å²) < 4.78 is 11.8. The summed E-state index contributed by atoms with van der Waals surface area (Å²) in [6, 6.07) is 26.6. The predicted octanol–water partition coefficient (Wildman–Crippen LogP) is 7.29. The number of methoxy groups -OCH3 is 1. The number of carbonyl (C=O) groups excluding carboxylic acids is 1. The number of nitrogens with one attached hydrogen (secondary N) is 1. The monoisotopic (exact) mass is 461 g/mol. The minimum absolute atomic E-state index is 0.146. The number of allylic oxidation sites excluding steroid dienone is 1. The maximum Gasteiger partial charge on any atom is 0.244 e. The number of fused-ring (bicyclic) bond motifs is 2. The molecule has 1 N–H and O–H groups in total. The largest absolute Gasteiger partial charge is 0.496 e. The van der Waals surface area contributed by atoms with E-state index in [2.05, 4.69) is 47.8 Å². The van der Waals surface area contributed by atoms with Gasteiger partial charge in [-0.2, -0.15) is 0 Å². The van der Waals surface area contributed by atoms with Crippen LogP contribution in [0.15, 0.2) is 95.6 Å². The SMILES string of the molecule is COc1c(/C(C)=C/C(=O)NCc2ccccc2)cc2c(-c3cccc4ccccc34)coc2c1C. The van der Waals surface area contributed by atoms with Gasteiger partial charge in [-0.25, -0.2) is 0 Å². The summed E-state index contributed by atoms with van der Waals surface area (Å²) >= 11 is 0. The van der Waals surface area contributed by atoms with Crippen LogP contribution in [-0.4, -0.2) is 13.0 Å². The lowest BCUT2D eigenvalue weighted by Crippen LogP contribution is -2.20.